The Kier molecular flexibility index (Phi) is 7.10. The number of benzene rings is 2. The van der Waals surface area contributed by atoms with Gasteiger partial charge in [-0.05, 0) is 62.4 Å². The van der Waals surface area contributed by atoms with E-state index in [4.69, 9.17) is 0 Å². The molecule has 0 saturated heterocycles. The molecule has 0 aliphatic rings. The van der Waals surface area contributed by atoms with Crippen LogP contribution in [0.15, 0.2) is 76.8 Å². The van der Waals surface area contributed by atoms with Crippen molar-refractivity contribution in [2.75, 3.05) is 17.1 Å². The molecule has 0 saturated carbocycles. The molecular formula is C21H23N5O5S2. The number of carbonyl (C=O) groups excluding carboxylic acids is 1. The lowest BCUT2D eigenvalue weighted by molar-refractivity contribution is 0.102. The molecule has 0 atom stereocenters. The number of nitrogens with one attached hydrogen (secondary N) is 2. The van der Waals surface area contributed by atoms with Crippen molar-refractivity contribution in [3.8, 4) is 0 Å². The SMILES string of the molecule is CC(C)N(C)S(=O)(=O)c1cccc(C(=O)Nc2ccc(S(=O)(=O)Nc3ncccn3)cc2)c1. The van der Waals surface area contributed by atoms with E-state index in [0.717, 1.165) is 0 Å². The van der Waals surface area contributed by atoms with Gasteiger partial charge >= 0.3 is 0 Å². The molecule has 0 unspecified atom stereocenters. The highest BCUT2D eigenvalue weighted by molar-refractivity contribution is 7.92. The minimum absolute atomic E-state index is 0.00185. The smallest absolute Gasteiger partial charge is 0.264 e. The largest absolute Gasteiger partial charge is 0.322 e. The predicted octanol–water partition coefficient (Wildman–Crippen LogP) is 2.56. The first kappa shape index (κ1) is 24.3. The molecule has 0 fully saturated rings. The van der Waals surface area contributed by atoms with Gasteiger partial charge in [-0.3, -0.25) is 4.79 Å². The lowest BCUT2D eigenvalue weighted by Gasteiger charge is -2.21. The number of amides is 1. The van der Waals surface area contributed by atoms with Gasteiger partial charge < -0.3 is 5.32 Å². The first-order valence-electron chi connectivity index (χ1n) is 9.80. The Hall–Kier alpha value is -3.35. The summed E-state index contributed by atoms with van der Waals surface area (Å²) in [5, 5.41) is 2.63. The number of carbonyl (C=O) groups is 1. The summed E-state index contributed by atoms with van der Waals surface area (Å²) in [6.45, 7) is 3.50. The monoisotopic (exact) mass is 489 g/mol. The summed E-state index contributed by atoms with van der Waals surface area (Å²) in [5.41, 5.74) is 0.482. The van der Waals surface area contributed by atoms with E-state index in [1.54, 1.807) is 19.9 Å². The first-order valence-corrected chi connectivity index (χ1v) is 12.7. The molecule has 1 amide bonds. The molecule has 0 bridgehead atoms. The van der Waals surface area contributed by atoms with E-state index < -0.39 is 26.0 Å². The fourth-order valence-corrected chi connectivity index (χ4v) is 5.07. The highest BCUT2D eigenvalue weighted by atomic mass is 32.2. The van der Waals surface area contributed by atoms with Gasteiger partial charge in [0.15, 0.2) is 0 Å². The van der Waals surface area contributed by atoms with E-state index in [1.165, 1.54) is 72.3 Å². The Labute approximate surface area is 192 Å². The molecule has 0 aliphatic carbocycles. The number of nitrogens with zero attached hydrogens (tertiary/aromatic N) is 3. The van der Waals surface area contributed by atoms with Gasteiger partial charge in [-0.25, -0.2) is 31.5 Å². The van der Waals surface area contributed by atoms with Crippen molar-refractivity contribution in [1.82, 2.24) is 14.3 Å². The van der Waals surface area contributed by atoms with Crippen LogP contribution in [0.2, 0.25) is 0 Å². The standard InChI is InChI=1S/C21H23N5O5S2/c1-15(2)26(3)33(30,31)19-7-4-6-16(14-19)20(27)24-17-8-10-18(11-9-17)32(28,29)25-21-22-12-5-13-23-21/h4-15H,1-3H3,(H,24,27)(H,22,23,25). The van der Waals surface area contributed by atoms with Crippen LogP contribution in [0.5, 0.6) is 0 Å². The summed E-state index contributed by atoms with van der Waals surface area (Å²) >= 11 is 0. The number of rotatable bonds is 8. The van der Waals surface area contributed by atoms with Crippen LogP contribution in [0.25, 0.3) is 0 Å². The summed E-state index contributed by atoms with van der Waals surface area (Å²) in [7, 11) is -6.18. The Morgan fingerprint density at radius 3 is 2.15 bits per heavy atom. The van der Waals surface area contributed by atoms with Gasteiger partial charge in [-0.15, -0.1) is 0 Å². The number of hydrogen-bond donors (Lipinski definition) is 2. The van der Waals surface area contributed by atoms with Crippen molar-refractivity contribution >= 4 is 37.6 Å². The highest BCUT2D eigenvalue weighted by Gasteiger charge is 2.24. The minimum Gasteiger partial charge on any atom is -0.322 e. The van der Waals surface area contributed by atoms with Gasteiger partial charge in [0.2, 0.25) is 16.0 Å². The average Bonchev–Trinajstić information content (AvgIpc) is 2.79. The van der Waals surface area contributed by atoms with Gasteiger partial charge in [-0.1, -0.05) is 6.07 Å². The van der Waals surface area contributed by atoms with E-state index in [0.29, 0.717) is 5.69 Å². The zero-order chi connectivity index (χ0) is 24.2. The van der Waals surface area contributed by atoms with Crippen molar-refractivity contribution < 1.29 is 21.6 Å². The summed E-state index contributed by atoms with van der Waals surface area (Å²) in [6.07, 6.45) is 2.81. The lowest BCUT2D eigenvalue weighted by atomic mass is 10.2. The van der Waals surface area contributed by atoms with Gasteiger partial charge in [0, 0.05) is 36.7 Å². The van der Waals surface area contributed by atoms with Crippen LogP contribution >= 0.6 is 0 Å². The van der Waals surface area contributed by atoms with E-state index >= 15 is 0 Å². The summed E-state index contributed by atoms with van der Waals surface area (Å²) in [5.74, 6) is -0.599. The predicted molar refractivity (Wildman–Crippen MR) is 124 cm³/mol. The minimum atomic E-state index is -3.91. The maximum atomic E-state index is 12.7. The second-order valence-electron chi connectivity index (χ2n) is 7.30. The Bertz CT molecular complexity index is 1340. The van der Waals surface area contributed by atoms with Crippen molar-refractivity contribution in [2.24, 2.45) is 0 Å². The third-order valence-electron chi connectivity index (χ3n) is 4.71. The topological polar surface area (TPSA) is 138 Å². The number of sulfonamides is 2. The maximum absolute atomic E-state index is 12.7. The molecule has 2 N–H and O–H groups in total. The third kappa shape index (κ3) is 5.72. The molecule has 1 aromatic heterocycles. The van der Waals surface area contributed by atoms with Crippen LogP contribution < -0.4 is 10.0 Å². The molecule has 3 aromatic rings. The molecule has 2 aromatic carbocycles. The fraction of sp³-hybridized carbons (Fsp3) is 0.190. The first-order chi connectivity index (χ1) is 15.5. The van der Waals surface area contributed by atoms with E-state index in [-0.39, 0.29) is 27.3 Å². The van der Waals surface area contributed by atoms with Crippen molar-refractivity contribution in [3.05, 3.63) is 72.6 Å². The molecule has 12 heteroatoms. The quantitative estimate of drug-likeness (QED) is 0.496. The molecule has 10 nitrogen and oxygen atoms in total. The number of hydrogen-bond acceptors (Lipinski definition) is 7. The maximum Gasteiger partial charge on any atom is 0.264 e. The fourth-order valence-electron chi connectivity index (χ4n) is 2.69. The zero-order valence-electron chi connectivity index (χ0n) is 18.1. The van der Waals surface area contributed by atoms with Crippen LogP contribution in [0.1, 0.15) is 24.2 Å². The lowest BCUT2D eigenvalue weighted by Crippen LogP contribution is -2.33. The molecule has 0 spiro atoms. The Morgan fingerprint density at radius 2 is 1.55 bits per heavy atom. The van der Waals surface area contributed by atoms with Crippen LogP contribution in [0.4, 0.5) is 11.6 Å². The van der Waals surface area contributed by atoms with Crippen molar-refractivity contribution in [3.63, 3.8) is 0 Å². The summed E-state index contributed by atoms with van der Waals surface area (Å²) in [4.78, 5) is 20.3. The van der Waals surface area contributed by atoms with Crippen LogP contribution in [0.3, 0.4) is 0 Å². The van der Waals surface area contributed by atoms with E-state index in [1.807, 2.05) is 0 Å². The van der Waals surface area contributed by atoms with Gasteiger partial charge in [-0.2, -0.15) is 4.31 Å². The normalized spacial score (nSPS) is 12.0. The van der Waals surface area contributed by atoms with Crippen LogP contribution in [-0.2, 0) is 20.0 Å². The Balaban J connectivity index is 1.75. The zero-order valence-corrected chi connectivity index (χ0v) is 19.8. The third-order valence-corrected chi connectivity index (χ3v) is 8.09. The second kappa shape index (κ2) is 9.65. The molecule has 0 radical (unpaired) electrons. The van der Waals surface area contributed by atoms with E-state index in [9.17, 15) is 21.6 Å². The van der Waals surface area contributed by atoms with Crippen LogP contribution in [-0.4, -0.2) is 50.1 Å². The molecule has 0 aliphatic heterocycles. The molecule has 3 rings (SSSR count). The molecular weight excluding hydrogens is 466 g/mol. The van der Waals surface area contributed by atoms with Crippen molar-refractivity contribution in [1.29, 1.82) is 0 Å². The molecule has 1 heterocycles. The Morgan fingerprint density at radius 1 is 0.909 bits per heavy atom. The van der Waals surface area contributed by atoms with Gasteiger partial charge in [0.25, 0.3) is 15.9 Å². The van der Waals surface area contributed by atoms with Crippen molar-refractivity contribution in [2.45, 2.75) is 29.7 Å². The summed E-state index contributed by atoms with van der Waals surface area (Å²) in [6, 6.07) is 12.5. The van der Waals surface area contributed by atoms with Gasteiger partial charge in [0.05, 0.1) is 9.79 Å². The molecule has 174 valence electrons. The van der Waals surface area contributed by atoms with E-state index in [2.05, 4.69) is 20.0 Å². The number of anilines is 2. The van der Waals surface area contributed by atoms with Crippen LogP contribution in [0, 0.1) is 0 Å². The highest BCUT2D eigenvalue weighted by Crippen LogP contribution is 2.20. The summed E-state index contributed by atoms with van der Waals surface area (Å²) < 4.78 is 53.8. The second-order valence-corrected chi connectivity index (χ2v) is 11.0. The molecule has 33 heavy (non-hydrogen) atoms. The van der Waals surface area contributed by atoms with Gasteiger partial charge in [0.1, 0.15) is 0 Å². The average molecular weight is 490 g/mol. The number of aromatic nitrogens is 2.